The highest BCUT2D eigenvalue weighted by Gasteiger charge is 2.60. The van der Waals surface area contributed by atoms with Gasteiger partial charge in [-0.15, -0.1) is 0 Å². The maximum absolute atomic E-state index is 10.7. The lowest BCUT2D eigenvalue weighted by Gasteiger charge is -2.13. The largest absolute Gasteiger partial charge is 0.503 e. The quantitative estimate of drug-likeness (QED) is 0.449. The van der Waals surface area contributed by atoms with Crippen LogP contribution in [0, 0.1) is 0 Å². The molecule has 0 bridgehead atoms. The molecule has 2 atom stereocenters. The summed E-state index contributed by atoms with van der Waals surface area (Å²) in [5.74, 6) is 0.0285. The van der Waals surface area contributed by atoms with E-state index in [2.05, 4.69) is 0 Å². The van der Waals surface area contributed by atoms with Gasteiger partial charge in [0.1, 0.15) is 6.10 Å². The lowest BCUT2D eigenvalue weighted by Crippen LogP contribution is -2.25. The third-order valence-electron chi connectivity index (χ3n) is 2.22. The summed E-state index contributed by atoms with van der Waals surface area (Å²) in [6.07, 6.45) is 1.55. The Balaban J connectivity index is 2.43. The molecule has 1 aliphatic heterocycles. The molecule has 1 aliphatic carbocycles. The number of carbonyl (C=O) groups excluding carboxylic acids is 1. The maximum atomic E-state index is 10.7. The molecule has 0 aromatic heterocycles. The molecule has 3 N–H and O–H groups in total. The molecule has 13 heavy (non-hydrogen) atoms. The first-order chi connectivity index (χ1) is 6.14. The summed E-state index contributed by atoms with van der Waals surface area (Å²) >= 11 is 0. The van der Waals surface area contributed by atoms with E-state index >= 15 is 0 Å². The first kappa shape index (κ1) is 8.12. The molecule has 0 spiro atoms. The van der Waals surface area contributed by atoms with Gasteiger partial charge in [0.15, 0.2) is 23.4 Å². The van der Waals surface area contributed by atoms with Gasteiger partial charge in [-0.1, -0.05) is 0 Å². The Morgan fingerprint density at radius 3 is 3.08 bits per heavy atom. The summed E-state index contributed by atoms with van der Waals surface area (Å²) in [6.45, 7) is 0. The zero-order chi connectivity index (χ0) is 9.64. The Morgan fingerprint density at radius 1 is 1.85 bits per heavy atom. The number of methoxy groups -OCH3 is 1. The third kappa shape index (κ3) is 0.874. The van der Waals surface area contributed by atoms with Crippen LogP contribution in [-0.4, -0.2) is 30.2 Å². The van der Waals surface area contributed by atoms with E-state index in [-0.39, 0.29) is 17.2 Å². The van der Waals surface area contributed by atoms with E-state index in [1.165, 1.54) is 13.2 Å². The van der Waals surface area contributed by atoms with E-state index in [9.17, 15) is 9.90 Å². The number of hydrogen-bond donors (Lipinski definition) is 2. The highest BCUT2D eigenvalue weighted by molar-refractivity contribution is 5.75. The molecule has 2 aliphatic rings. The van der Waals surface area contributed by atoms with Gasteiger partial charge in [-0.25, -0.2) is 0 Å². The molecule has 0 amide bonds. The average Bonchev–Trinajstić information content (AvgIpc) is 2.87. The van der Waals surface area contributed by atoms with Crippen molar-refractivity contribution >= 4 is 6.29 Å². The molecule has 5 heteroatoms. The minimum absolute atomic E-state index is 0.145. The zero-order valence-corrected chi connectivity index (χ0v) is 6.98. The molecule has 5 nitrogen and oxygen atoms in total. The van der Waals surface area contributed by atoms with Gasteiger partial charge in [0.05, 0.1) is 12.8 Å². The van der Waals surface area contributed by atoms with Crippen LogP contribution in [0.2, 0.25) is 0 Å². The van der Waals surface area contributed by atoms with E-state index in [1.54, 1.807) is 0 Å². The second-order valence-electron chi connectivity index (χ2n) is 2.99. The second-order valence-corrected chi connectivity index (χ2v) is 2.99. The van der Waals surface area contributed by atoms with Crippen molar-refractivity contribution in [3.63, 3.8) is 0 Å². The topological polar surface area (TPSA) is 85.1 Å². The Morgan fingerprint density at radius 2 is 2.54 bits per heavy atom. The number of hydrogen-bond acceptors (Lipinski definition) is 5. The van der Waals surface area contributed by atoms with E-state index in [0.29, 0.717) is 6.29 Å². The van der Waals surface area contributed by atoms with Gasteiger partial charge >= 0.3 is 0 Å². The average molecular weight is 183 g/mol. The van der Waals surface area contributed by atoms with Gasteiger partial charge in [0.25, 0.3) is 0 Å². The fraction of sp³-hybridized carbons (Fsp3) is 0.375. The SMILES string of the molecule is COC1=CC2(C=O)OC2C(N)=C1O. The molecular formula is C8H9NO4. The number of rotatable bonds is 2. The molecule has 1 heterocycles. The van der Waals surface area contributed by atoms with Crippen LogP contribution < -0.4 is 5.73 Å². The minimum atomic E-state index is -0.998. The summed E-state index contributed by atoms with van der Waals surface area (Å²) in [7, 11) is 1.39. The summed E-state index contributed by atoms with van der Waals surface area (Å²) < 4.78 is 9.89. The van der Waals surface area contributed by atoms with Crippen molar-refractivity contribution in [3.05, 3.63) is 23.3 Å². The van der Waals surface area contributed by atoms with Gasteiger partial charge < -0.3 is 20.3 Å². The van der Waals surface area contributed by atoms with Gasteiger partial charge in [-0.2, -0.15) is 0 Å². The van der Waals surface area contributed by atoms with Crippen molar-refractivity contribution in [2.24, 2.45) is 5.73 Å². The van der Waals surface area contributed by atoms with Crippen molar-refractivity contribution in [2.45, 2.75) is 11.7 Å². The number of aldehydes is 1. The molecule has 1 saturated heterocycles. The molecule has 0 aromatic carbocycles. The van der Waals surface area contributed by atoms with Gasteiger partial charge in [-0.3, -0.25) is 4.79 Å². The highest BCUT2D eigenvalue weighted by atomic mass is 16.6. The monoisotopic (exact) mass is 183 g/mol. The summed E-state index contributed by atoms with van der Waals surface area (Å²) in [5, 5.41) is 9.41. The second kappa shape index (κ2) is 2.26. The summed E-state index contributed by atoms with van der Waals surface area (Å²) in [4.78, 5) is 10.7. The lowest BCUT2D eigenvalue weighted by molar-refractivity contribution is -0.110. The maximum Gasteiger partial charge on any atom is 0.179 e. The van der Waals surface area contributed by atoms with Crippen LogP contribution >= 0.6 is 0 Å². The first-order valence-corrected chi connectivity index (χ1v) is 3.74. The summed E-state index contributed by atoms with van der Waals surface area (Å²) in [5.41, 5.74) is 4.66. The van der Waals surface area contributed by atoms with E-state index < -0.39 is 11.7 Å². The highest BCUT2D eigenvalue weighted by Crippen LogP contribution is 2.45. The van der Waals surface area contributed by atoms with E-state index in [0.717, 1.165) is 0 Å². The van der Waals surface area contributed by atoms with Crippen LogP contribution in [0.15, 0.2) is 23.3 Å². The molecular weight excluding hydrogens is 174 g/mol. The molecule has 2 unspecified atom stereocenters. The van der Waals surface area contributed by atoms with Crippen molar-refractivity contribution in [2.75, 3.05) is 7.11 Å². The third-order valence-corrected chi connectivity index (χ3v) is 2.22. The molecule has 1 fully saturated rings. The van der Waals surface area contributed by atoms with Crippen LogP contribution in [0.4, 0.5) is 0 Å². The molecule has 0 radical (unpaired) electrons. The zero-order valence-electron chi connectivity index (χ0n) is 6.98. The number of nitrogens with two attached hydrogens (primary N) is 1. The number of aliphatic hydroxyl groups excluding tert-OH is 1. The van der Waals surface area contributed by atoms with Crippen LogP contribution in [0.1, 0.15) is 0 Å². The predicted molar refractivity (Wildman–Crippen MR) is 42.6 cm³/mol. The molecule has 70 valence electrons. The van der Waals surface area contributed by atoms with Gasteiger partial charge in [0, 0.05) is 6.08 Å². The van der Waals surface area contributed by atoms with Crippen LogP contribution in [0.5, 0.6) is 0 Å². The van der Waals surface area contributed by atoms with Crippen molar-refractivity contribution in [1.29, 1.82) is 0 Å². The molecule has 2 rings (SSSR count). The van der Waals surface area contributed by atoms with Crippen LogP contribution in [-0.2, 0) is 14.3 Å². The molecule has 0 aromatic rings. The number of carbonyl (C=O) groups is 1. The fourth-order valence-electron chi connectivity index (χ4n) is 1.41. The normalized spacial score (nSPS) is 36.4. The fourth-order valence-corrected chi connectivity index (χ4v) is 1.41. The predicted octanol–water partition coefficient (Wildman–Crippen LogP) is -0.405. The van der Waals surface area contributed by atoms with Crippen LogP contribution in [0.25, 0.3) is 0 Å². The smallest absolute Gasteiger partial charge is 0.179 e. The Labute approximate surface area is 74.4 Å². The number of ether oxygens (including phenoxy) is 2. The minimum Gasteiger partial charge on any atom is -0.503 e. The standard InChI is InChI=1S/C8H9NO4/c1-12-4-2-8(3-10)7(13-8)5(9)6(4)11/h2-3,7,11H,9H2,1H3. The number of epoxide rings is 1. The van der Waals surface area contributed by atoms with Crippen molar-refractivity contribution < 1.29 is 19.4 Å². The van der Waals surface area contributed by atoms with Gasteiger partial charge in [-0.05, 0) is 0 Å². The van der Waals surface area contributed by atoms with E-state index in [1.807, 2.05) is 0 Å². The van der Waals surface area contributed by atoms with Crippen molar-refractivity contribution in [3.8, 4) is 0 Å². The Bertz CT molecular complexity index is 333. The van der Waals surface area contributed by atoms with Gasteiger partial charge in [0.2, 0.25) is 0 Å². The lowest BCUT2D eigenvalue weighted by atomic mass is 9.98. The number of fused-ring (bicyclic) bond motifs is 1. The van der Waals surface area contributed by atoms with Crippen molar-refractivity contribution in [1.82, 2.24) is 0 Å². The van der Waals surface area contributed by atoms with E-state index in [4.69, 9.17) is 15.2 Å². The molecule has 0 saturated carbocycles. The van der Waals surface area contributed by atoms with Crippen LogP contribution in [0.3, 0.4) is 0 Å². The summed E-state index contributed by atoms with van der Waals surface area (Å²) in [6, 6.07) is 0. The first-order valence-electron chi connectivity index (χ1n) is 3.74. The Kier molecular flexibility index (Phi) is 1.41. The Hall–Kier alpha value is -1.49. The number of aliphatic hydroxyl groups is 1.